The molecule has 0 atom stereocenters. The summed E-state index contributed by atoms with van der Waals surface area (Å²) in [6, 6.07) is 3.91. The van der Waals surface area contributed by atoms with Crippen LogP contribution in [-0.4, -0.2) is 44.8 Å². The first-order valence-corrected chi connectivity index (χ1v) is 10.6. The molecule has 0 saturated carbocycles. The molecule has 0 heterocycles. The predicted octanol–water partition coefficient (Wildman–Crippen LogP) is 6.14. The van der Waals surface area contributed by atoms with E-state index in [4.69, 9.17) is 21.1 Å². The standard InChI is InChI=1S/C22H37ClN2O2.2ClH/c1-5-8-12-25(13-9-6-2)14-10-11-24-18-19-16-20(23)22(27-15-7-3)21(17-19)26-4;;/h7,16-17,24H,3,5-6,8-15,18H2,1-2,4H3;2*1H. The molecule has 0 amide bonds. The second-order valence-electron chi connectivity index (χ2n) is 6.79. The number of unbranched alkanes of at least 4 members (excludes halogenated alkanes) is 2. The van der Waals surface area contributed by atoms with Crippen LogP contribution in [0.25, 0.3) is 0 Å². The Balaban J connectivity index is 0. The number of nitrogens with zero attached hydrogens (tertiary/aromatic N) is 1. The molecule has 0 saturated heterocycles. The lowest BCUT2D eigenvalue weighted by molar-refractivity contribution is 0.261. The molecule has 1 aromatic rings. The number of hydrogen-bond acceptors (Lipinski definition) is 4. The highest BCUT2D eigenvalue weighted by Gasteiger charge is 2.11. The van der Waals surface area contributed by atoms with Crippen molar-refractivity contribution in [1.29, 1.82) is 0 Å². The maximum atomic E-state index is 6.35. The average molecular weight is 470 g/mol. The van der Waals surface area contributed by atoms with E-state index in [9.17, 15) is 0 Å². The highest BCUT2D eigenvalue weighted by molar-refractivity contribution is 6.32. The fourth-order valence-electron chi connectivity index (χ4n) is 2.92. The molecular weight excluding hydrogens is 431 g/mol. The van der Waals surface area contributed by atoms with Crippen molar-refractivity contribution >= 4 is 36.4 Å². The molecule has 0 aliphatic rings. The average Bonchev–Trinajstić information content (AvgIpc) is 2.67. The summed E-state index contributed by atoms with van der Waals surface area (Å²) in [5, 5.41) is 4.08. The third kappa shape index (κ3) is 12.6. The lowest BCUT2D eigenvalue weighted by Gasteiger charge is -2.22. The fraction of sp³-hybridized carbons (Fsp3) is 0.636. The van der Waals surface area contributed by atoms with Crippen LogP contribution in [0.2, 0.25) is 5.02 Å². The molecule has 1 aromatic carbocycles. The van der Waals surface area contributed by atoms with Crippen LogP contribution < -0.4 is 14.8 Å². The number of benzene rings is 1. The van der Waals surface area contributed by atoms with Gasteiger partial charge in [0.2, 0.25) is 0 Å². The summed E-state index contributed by atoms with van der Waals surface area (Å²) in [7, 11) is 1.63. The van der Waals surface area contributed by atoms with E-state index in [1.165, 1.54) is 38.8 Å². The zero-order chi connectivity index (χ0) is 19.9. The van der Waals surface area contributed by atoms with Gasteiger partial charge < -0.3 is 19.7 Å². The van der Waals surface area contributed by atoms with Gasteiger partial charge >= 0.3 is 0 Å². The number of methoxy groups -OCH3 is 1. The highest BCUT2D eigenvalue weighted by Crippen LogP contribution is 2.36. The van der Waals surface area contributed by atoms with Gasteiger partial charge in [0, 0.05) is 6.54 Å². The molecule has 0 spiro atoms. The van der Waals surface area contributed by atoms with Gasteiger partial charge in [-0.25, -0.2) is 0 Å². The first-order valence-electron chi connectivity index (χ1n) is 10.2. The summed E-state index contributed by atoms with van der Waals surface area (Å²) in [6.45, 7) is 13.9. The Morgan fingerprint density at radius 2 is 1.69 bits per heavy atom. The van der Waals surface area contributed by atoms with Gasteiger partial charge in [0.05, 0.1) is 12.1 Å². The van der Waals surface area contributed by atoms with Gasteiger partial charge in [-0.1, -0.05) is 50.9 Å². The molecule has 0 radical (unpaired) electrons. The maximum absolute atomic E-state index is 6.35. The van der Waals surface area contributed by atoms with Gasteiger partial charge in [-0.15, -0.1) is 24.8 Å². The van der Waals surface area contributed by atoms with Gasteiger partial charge in [-0.3, -0.25) is 0 Å². The molecule has 170 valence electrons. The second kappa shape index (κ2) is 19.3. The maximum Gasteiger partial charge on any atom is 0.180 e. The van der Waals surface area contributed by atoms with Crippen LogP contribution in [0.5, 0.6) is 11.5 Å². The third-order valence-electron chi connectivity index (χ3n) is 4.45. The smallest absolute Gasteiger partial charge is 0.180 e. The SMILES string of the molecule is C=CCOc1c(Cl)cc(CNCCCN(CCCC)CCCC)cc1OC.Cl.Cl. The monoisotopic (exact) mass is 468 g/mol. The van der Waals surface area contributed by atoms with Crippen molar-refractivity contribution in [2.75, 3.05) is 39.9 Å². The van der Waals surface area contributed by atoms with Crippen molar-refractivity contribution in [1.82, 2.24) is 10.2 Å². The Kier molecular flexibility index (Phi) is 20.3. The number of rotatable bonds is 16. The normalized spacial score (nSPS) is 10.2. The van der Waals surface area contributed by atoms with Gasteiger partial charge in [0.1, 0.15) is 6.61 Å². The number of halogens is 3. The number of nitrogens with one attached hydrogen (secondary N) is 1. The zero-order valence-electron chi connectivity index (χ0n) is 18.2. The van der Waals surface area contributed by atoms with Gasteiger partial charge in [-0.2, -0.15) is 0 Å². The summed E-state index contributed by atoms with van der Waals surface area (Å²) in [6.07, 6.45) is 7.94. The molecule has 4 nitrogen and oxygen atoms in total. The molecule has 0 aliphatic heterocycles. The van der Waals surface area contributed by atoms with Crippen LogP contribution in [0, 0.1) is 0 Å². The third-order valence-corrected chi connectivity index (χ3v) is 4.73. The van der Waals surface area contributed by atoms with Crippen molar-refractivity contribution in [2.45, 2.75) is 52.5 Å². The molecule has 29 heavy (non-hydrogen) atoms. The molecule has 7 heteroatoms. The molecule has 0 aliphatic carbocycles. The van der Waals surface area contributed by atoms with E-state index in [1.54, 1.807) is 13.2 Å². The first-order chi connectivity index (χ1) is 13.2. The van der Waals surface area contributed by atoms with Crippen LogP contribution in [0.3, 0.4) is 0 Å². The number of hydrogen-bond donors (Lipinski definition) is 1. The molecule has 0 bridgehead atoms. The van der Waals surface area contributed by atoms with Crippen LogP contribution in [0.4, 0.5) is 0 Å². The Hall–Kier alpha value is -0.650. The van der Waals surface area contributed by atoms with Crippen LogP contribution in [0.15, 0.2) is 24.8 Å². The molecule has 0 fully saturated rings. The predicted molar refractivity (Wildman–Crippen MR) is 131 cm³/mol. The summed E-state index contributed by atoms with van der Waals surface area (Å²) in [4.78, 5) is 2.60. The van der Waals surface area contributed by atoms with Crippen molar-refractivity contribution in [3.63, 3.8) is 0 Å². The summed E-state index contributed by atoms with van der Waals surface area (Å²) >= 11 is 6.35. The van der Waals surface area contributed by atoms with Crippen LogP contribution in [-0.2, 0) is 6.54 Å². The van der Waals surface area contributed by atoms with E-state index in [0.717, 1.165) is 31.6 Å². The van der Waals surface area contributed by atoms with E-state index in [0.29, 0.717) is 23.1 Å². The van der Waals surface area contributed by atoms with Gasteiger partial charge in [-0.05, 0) is 63.1 Å². The Morgan fingerprint density at radius 3 is 2.24 bits per heavy atom. The molecule has 0 unspecified atom stereocenters. The minimum absolute atomic E-state index is 0. The molecule has 1 rings (SSSR count). The highest BCUT2D eigenvalue weighted by atomic mass is 35.5. The number of ether oxygens (including phenoxy) is 2. The summed E-state index contributed by atoms with van der Waals surface area (Å²) < 4.78 is 11.0. The van der Waals surface area contributed by atoms with Crippen molar-refractivity contribution in [3.05, 3.63) is 35.4 Å². The molecule has 1 N–H and O–H groups in total. The van der Waals surface area contributed by atoms with Crippen LogP contribution >= 0.6 is 36.4 Å². The largest absolute Gasteiger partial charge is 0.493 e. The fourth-order valence-corrected chi connectivity index (χ4v) is 3.20. The Bertz CT molecular complexity index is 537. The van der Waals surface area contributed by atoms with E-state index >= 15 is 0 Å². The van der Waals surface area contributed by atoms with E-state index in [-0.39, 0.29) is 24.8 Å². The quantitative estimate of drug-likeness (QED) is 0.233. The zero-order valence-corrected chi connectivity index (χ0v) is 20.6. The van der Waals surface area contributed by atoms with E-state index in [2.05, 4.69) is 30.6 Å². The van der Waals surface area contributed by atoms with E-state index < -0.39 is 0 Å². The topological polar surface area (TPSA) is 33.7 Å². The van der Waals surface area contributed by atoms with Gasteiger partial charge in [0.15, 0.2) is 11.5 Å². The molecule has 0 aromatic heterocycles. The Labute approximate surface area is 195 Å². The van der Waals surface area contributed by atoms with E-state index in [1.807, 2.05) is 12.1 Å². The minimum Gasteiger partial charge on any atom is -0.493 e. The second-order valence-corrected chi connectivity index (χ2v) is 7.19. The van der Waals surface area contributed by atoms with Crippen LogP contribution in [0.1, 0.15) is 51.5 Å². The molecular formula is C22H39Cl3N2O2. The summed E-state index contributed by atoms with van der Waals surface area (Å²) in [5.74, 6) is 1.23. The van der Waals surface area contributed by atoms with Crippen molar-refractivity contribution in [2.24, 2.45) is 0 Å². The Morgan fingerprint density at radius 1 is 1.07 bits per heavy atom. The lowest BCUT2D eigenvalue weighted by atomic mass is 10.2. The lowest BCUT2D eigenvalue weighted by Crippen LogP contribution is -2.29. The van der Waals surface area contributed by atoms with Crippen molar-refractivity contribution < 1.29 is 9.47 Å². The first kappa shape index (κ1) is 30.5. The minimum atomic E-state index is 0. The summed E-state index contributed by atoms with van der Waals surface area (Å²) in [5.41, 5.74) is 1.09. The van der Waals surface area contributed by atoms with Crippen molar-refractivity contribution in [3.8, 4) is 11.5 Å². The van der Waals surface area contributed by atoms with Gasteiger partial charge in [0.25, 0.3) is 0 Å².